The van der Waals surface area contributed by atoms with Gasteiger partial charge in [0.25, 0.3) is 0 Å². The predicted molar refractivity (Wildman–Crippen MR) is 84.4 cm³/mol. The molecule has 0 aliphatic heterocycles. The van der Waals surface area contributed by atoms with Crippen LogP contribution in [0.3, 0.4) is 0 Å². The van der Waals surface area contributed by atoms with Gasteiger partial charge in [0.05, 0.1) is 0 Å². The average molecular weight is 274 g/mol. The molecule has 2 bridgehead atoms. The van der Waals surface area contributed by atoms with Crippen molar-refractivity contribution in [2.24, 2.45) is 11.8 Å². The van der Waals surface area contributed by atoms with Crippen LogP contribution in [0.5, 0.6) is 0 Å². The lowest BCUT2D eigenvalue weighted by atomic mass is 9.95. The van der Waals surface area contributed by atoms with E-state index in [9.17, 15) is 0 Å². The van der Waals surface area contributed by atoms with E-state index in [0.29, 0.717) is 6.04 Å². The van der Waals surface area contributed by atoms with E-state index in [1.54, 1.807) is 0 Å². The maximum Gasteiger partial charge on any atom is 0.173 e. The van der Waals surface area contributed by atoms with Crippen molar-refractivity contribution in [2.75, 3.05) is 11.4 Å². The predicted octanol–water partition coefficient (Wildman–Crippen LogP) is 3.58. The molecule has 1 aromatic carbocycles. The fourth-order valence-corrected chi connectivity index (χ4v) is 4.10. The zero-order valence-electron chi connectivity index (χ0n) is 11.5. The topological polar surface area (TPSA) is 15.3 Å². The van der Waals surface area contributed by atoms with Gasteiger partial charge in [0.15, 0.2) is 5.11 Å². The fourth-order valence-electron chi connectivity index (χ4n) is 3.71. The van der Waals surface area contributed by atoms with Gasteiger partial charge in [-0.3, -0.25) is 0 Å². The average Bonchev–Trinajstić information content (AvgIpc) is 3.03. The molecule has 0 spiro atoms. The summed E-state index contributed by atoms with van der Waals surface area (Å²) in [6.45, 7) is 3.07. The monoisotopic (exact) mass is 274 g/mol. The zero-order valence-corrected chi connectivity index (χ0v) is 12.3. The molecule has 3 heteroatoms. The Morgan fingerprint density at radius 2 is 2.05 bits per heavy atom. The third-order valence-corrected chi connectivity index (χ3v) is 5.01. The van der Waals surface area contributed by atoms with Gasteiger partial charge in [0, 0.05) is 18.3 Å². The first-order chi connectivity index (χ1) is 9.28. The Bertz CT molecular complexity index is 445. The van der Waals surface area contributed by atoms with Crippen molar-refractivity contribution in [1.82, 2.24) is 5.32 Å². The number of benzene rings is 1. The molecule has 0 unspecified atom stereocenters. The number of rotatable bonds is 3. The first kappa shape index (κ1) is 12.9. The standard InChI is InChI=1S/C16H22N2S/c1-2-18(14-6-4-3-5-7-14)16(19)17-15-11-12-8-9-13(15)10-12/h3-7,12-13,15H,2,8-11H2,1H3,(H,17,19)/t12-,13+,15+/m0/s1. The Kier molecular flexibility index (Phi) is 3.74. The van der Waals surface area contributed by atoms with Gasteiger partial charge in [-0.2, -0.15) is 0 Å². The van der Waals surface area contributed by atoms with Gasteiger partial charge in [0.2, 0.25) is 0 Å². The van der Waals surface area contributed by atoms with E-state index in [4.69, 9.17) is 12.2 Å². The molecule has 0 saturated heterocycles. The van der Waals surface area contributed by atoms with E-state index in [1.807, 2.05) is 6.07 Å². The summed E-state index contributed by atoms with van der Waals surface area (Å²) in [5, 5.41) is 4.51. The van der Waals surface area contributed by atoms with E-state index in [-0.39, 0.29) is 0 Å². The summed E-state index contributed by atoms with van der Waals surface area (Å²) in [6.07, 6.45) is 5.56. The van der Waals surface area contributed by atoms with Crippen LogP contribution < -0.4 is 10.2 Å². The Hall–Kier alpha value is -1.09. The molecule has 1 aromatic rings. The second kappa shape index (κ2) is 5.49. The molecule has 1 N–H and O–H groups in total. The van der Waals surface area contributed by atoms with Crippen molar-refractivity contribution in [1.29, 1.82) is 0 Å². The number of nitrogens with zero attached hydrogens (tertiary/aromatic N) is 1. The first-order valence-corrected chi connectivity index (χ1v) is 7.82. The third kappa shape index (κ3) is 2.62. The van der Waals surface area contributed by atoms with Crippen LogP contribution in [0.4, 0.5) is 5.69 Å². The molecular weight excluding hydrogens is 252 g/mol. The first-order valence-electron chi connectivity index (χ1n) is 7.41. The SMILES string of the molecule is CCN(C(=S)N[C@@H]1C[C@H]2CC[C@@H]1C2)c1ccccc1. The molecule has 2 saturated carbocycles. The number of hydrogen-bond acceptors (Lipinski definition) is 1. The third-order valence-electron chi connectivity index (χ3n) is 4.68. The summed E-state index contributed by atoms with van der Waals surface area (Å²) in [5.41, 5.74) is 1.19. The van der Waals surface area contributed by atoms with Gasteiger partial charge in [-0.05, 0) is 62.4 Å². The summed E-state index contributed by atoms with van der Waals surface area (Å²) in [5.74, 6) is 1.81. The van der Waals surface area contributed by atoms with E-state index >= 15 is 0 Å². The summed E-state index contributed by atoms with van der Waals surface area (Å²) < 4.78 is 0. The minimum absolute atomic E-state index is 0.615. The molecular formula is C16H22N2S. The second-order valence-electron chi connectivity index (χ2n) is 5.81. The van der Waals surface area contributed by atoms with E-state index in [0.717, 1.165) is 23.5 Å². The van der Waals surface area contributed by atoms with Gasteiger partial charge in [0.1, 0.15) is 0 Å². The van der Waals surface area contributed by atoms with E-state index in [2.05, 4.69) is 41.4 Å². The van der Waals surface area contributed by atoms with Gasteiger partial charge < -0.3 is 10.2 Å². The van der Waals surface area contributed by atoms with Gasteiger partial charge in [-0.15, -0.1) is 0 Å². The van der Waals surface area contributed by atoms with E-state index in [1.165, 1.54) is 31.4 Å². The molecule has 2 nitrogen and oxygen atoms in total. The lowest BCUT2D eigenvalue weighted by Crippen LogP contribution is -2.46. The van der Waals surface area contributed by atoms with Crippen molar-refractivity contribution in [3.05, 3.63) is 30.3 Å². The van der Waals surface area contributed by atoms with Crippen LogP contribution in [0.25, 0.3) is 0 Å². The summed E-state index contributed by atoms with van der Waals surface area (Å²) in [6, 6.07) is 11.0. The van der Waals surface area contributed by atoms with E-state index < -0.39 is 0 Å². The van der Waals surface area contributed by atoms with Crippen LogP contribution in [0.1, 0.15) is 32.6 Å². The molecule has 0 radical (unpaired) electrons. The second-order valence-corrected chi connectivity index (χ2v) is 6.20. The highest BCUT2D eigenvalue weighted by Gasteiger charge is 2.39. The zero-order chi connectivity index (χ0) is 13.2. The van der Waals surface area contributed by atoms with Gasteiger partial charge >= 0.3 is 0 Å². The van der Waals surface area contributed by atoms with Crippen molar-refractivity contribution >= 4 is 23.0 Å². The molecule has 2 fully saturated rings. The van der Waals surface area contributed by atoms with Gasteiger partial charge in [-0.1, -0.05) is 24.6 Å². The quantitative estimate of drug-likeness (QED) is 0.848. The number of anilines is 1. The summed E-state index contributed by atoms with van der Waals surface area (Å²) in [7, 11) is 0. The number of nitrogens with one attached hydrogen (secondary N) is 1. The number of fused-ring (bicyclic) bond motifs is 2. The van der Waals surface area contributed by atoms with Gasteiger partial charge in [-0.25, -0.2) is 0 Å². The lowest BCUT2D eigenvalue weighted by Gasteiger charge is -2.30. The van der Waals surface area contributed by atoms with Crippen LogP contribution in [0.2, 0.25) is 0 Å². The van der Waals surface area contributed by atoms with Crippen LogP contribution in [0, 0.1) is 11.8 Å². The van der Waals surface area contributed by atoms with Crippen LogP contribution >= 0.6 is 12.2 Å². The molecule has 0 amide bonds. The van der Waals surface area contributed by atoms with Crippen molar-refractivity contribution in [3.63, 3.8) is 0 Å². The molecule has 2 aliphatic carbocycles. The molecule has 3 rings (SSSR count). The number of para-hydroxylation sites is 1. The van der Waals surface area contributed by atoms with Crippen LogP contribution in [-0.2, 0) is 0 Å². The highest BCUT2D eigenvalue weighted by atomic mass is 32.1. The van der Waals surface area contributed by atoms with Crippen molar-refractivity contribution in [2.45, 2.75) is 38.6 Å². The highest BCUT2D eigenvalue weighted by Crippen LogP contribution is 2.44. The lowest BCUT2D eigenvalue weighted by molar-refractivity contribution is 0.390. The fraction of sp³-hybridized carbons (Fsp3) is 0.562. The highest BCUT2D eigenvalue weighted by molar-refractivity contribution is 7.80. The van der Waals surface area contributed by atoms with Crippen molar-refractivity contribution in [3.8, 4) is 0 Å². The Labute approximate surface area is 121 Å². The van der Waals surface area contributed by atoms with Crippen LogP contribution in [-0.4, -0.2) is 17.7 Å². The molecule has 3 atom stereocenters. The summed E-state index contributed by atoms with van der Waals surface area (Å²) in [4.78, 5) is 2.20. The minimum atomic E-state index is 0.615. The smallest absolute Gasteiger partial charge is 0.173 e. The Morgan fingerprint density at radius 3 is 2.63 bits per heavy atom. The Morgan fingerprint density at radius 1 is 1.26 bits per heavy atom. The van der Waals surface area contributed by atoms with Crippen LogP contribution in [0.15, 0.2) is 30.3 Å². The molecule has 102 valence electrons. The molecule has 0 heterocycles. The number of thiocarbonyl (C=S) groups is 1. The Balaban J connectivity index is 1.65. The summed E-state index contributed by atoms with van der Waals surface area (Å²) >= 11 is 5.62. The largest absolute Gasteiger partial charge is 0.359 e. The number of hydrogen-bond donors (Lipinski definition) is 1. The molecule has 19 heavy (non-hydrogen) atoms. The molecule has 2 aliphatic rings. The van der Waals surface area contributed by atoms with Crippen molar-refractivity contribution < 1.29 is 0 Å². The molecule has 0 aromatic heterocycles. The minimum Gasteiger partial charge on any atom is -0.359 e. The normalized spacial score (nSPS) is 28.4. The maximum atomic E-state index is 5.62. The maximum absolute atomic E-state index is 5.62.